The zero-order valence-corrected chi connectivity index (χ0v) is 13.9. The molecule has 3 rings (SSSR count). The fraction of sp³-hybridized carbons (Fsp3) is 0.294. The average Bonchev–Trinajstić information content (AvgIpc) is 3.20. The zero-order chi connectivity index (χ0) is 16.4. The first kappa shape index (κ1) is 15.7. The Morgan fingerprint density at radius 2 is 2.22 bits per heavy atom. The van der Waals surface area contributed by atoms with E-state index in [-0.39, 0.29) is 18.3 Å². The van der Waals surface area contributed by atoms with Gasteiger partial charge in [0.2, 0.25) is 0 Å². The lowest BCUT2D eigenvalue weighted by molar-refractivity contribution is 0.0943. The van der Waals surface area contributed by atoms with Crippen molar-refractivity contribution in [2.45, 2.75) is 13.8 Å². The van der Waals surface area contributed by atoms with Crippen molar-refractivity contribution in [2.75, 3.05) is 18.5 Å². The number of aliphatic hydroxyl groups excluding tert-OH is 1. The molecule has 0 saturated heterocycles. The number of H-pyrrole nitrogens is 1. The molecule has 3 N–H and O–H groups in total. The van der Waals surface area contributed by atoms with E-state index in [1.54, 1.807) is 0 Å². The van der Waals surface area contributed by atoms with Gasteiger partial charge in [-0.2, -0.15) is 0 Å². The molecule has 23 heavy (non-hydrogen) atoms. The molecule has 6 heteroatoms. The van der Waals surface area contributed by atoms with Gasteiger partial charge in [0.15, 0.2) is 5.78 Å². The normalized spacial score (nSPS) is 11.3. The van der Waals surface area contributed by atoms with Crippen molar-refractivity contribution < 1.29 is 9.90 Å². The van der Waals surface area contributed by atoms with Gasteiger partial charge >= 0.3 is 0 Å². The highest BCUT2D eigenvalue weighted by Crippen LogP contribution is 2.35. The van der Waals surface area contributed by atoms with Gasteiger partial charge in [0.05, 0.1) is 11.5 Å². The van der Waals surface area contributed by atoms with Crippen LogP contribution in [0.3, 0.4) is 0 Å². The Hall–Kier alpha value is -2.18. The predicted molar refractivity (Wildman–Crippen MR) is 94.2 cm³/mol. The lowest BCUT2D eigenvalue weighted by atomic mass is 10.1. The second-order valence-electron chi connectivity index (χ2n) is 5.63. The number of hydrogen-bond donors (Lipinski definition) is 3. The maximum absolute atomic E-state index is 12.2. The Morgan fingerprint density at radius 3 is 2.96 bits per heavy atom. The first-order chi connectivity index (χ1) is 11.1. The summed E-state index contributed by atoms with van der Waals surface area (Å²) in [6, 6.07) is 7.82. The third-order valence-electron chi connectivity index (χ3n) is 3.59. The number of nitrogens with zero attached hydrogens (tertiary/aromatic N) is 1. The third-order valence-corrected chi connectivity index (χ3v) is 4.72. The summed E-state index contributed by atoms with van der Waals surface area (Å²) < 4.78 is 0. The minimum atomic E-state index is -0.00648. The summed E-state index contributed by atoms with van der Waals surface area (Å²) in [7, 11) is 0. The second kappa shape index (κ2) is 6.52. The summed E-state index contributed by atoms with van der Waals surface area (Å²) in [5, 5.41) is 13.1. The Labute approximate surface area is 138 Å². The number of carbonyl (C=O) groups is 1. The Morgan fingerprint density at radius 1 is 1.39 bits per heavy atom. The van der Waals surface area contributed by atoms with Crippen LogP contribution < -0.4 is 5.32 Å². The van der Waals surface area contributed by atoms with Gasteiger partial charge in [0.1, 0.15) is 11.5 Å². The van der Waals surface area contributed by atoms with E-state index in [0.29, 0.717) is 12.4 Å². The molecule has 0 aliphatic heterocycles. The summed E-state index contributed by atoms with van der Waals surface area (Å²) in [5.41, 5.74) is 1.82. The van der Waals surface area contributed by atoms with Gasteiger partial charge in [0, 0.05) is 34.5 Å². The minimum Gasteiger partial charge on any atom is -0.395 e. The van der Waals surface area contributed by atoms with Crippen molar-refractivity contribution in [3.8, 4) is 10.4 Å². The van der Waals surface area contributed by atoms with E-state index >= 15 is 0 Å². The van der Waals surface area contributed by atoms with Gasteiger partial charge in [-0.1, -0.05) is 13.8 Å². The highest BCUT2D eigenvalue weighted by atomic mass is 32.1. The quantitative estimate of drug-likeness (QED) is 0.605. The number of ketones is 1. The van der Waals surface area contributed by atoms with Crippen LogP contribution in [0.1, 0.15) is 23.5 Å². The van der Waals surface area contributed by atoms with Gasteiger partial charge in [-0.3, -0.25) is 4.79 Å². The summed E-state index contributed by atoms with van der Waals surface area (Å²) in [5.74, 6) is 0.862. The smallest absolute Gasteiger partial charge is 0.175 e. The number of aliphatic hydroxyl groups is 1. The molecule has 0 aliphatic carbocycles. The minimum absolute atomic E-state index is 0.00648. The third kappa shape index (κ3) is 3.13. The largest absolute Gasteiger partial charge is 0.395 e. The SMILES string of the molecule is CC(C)C(=O)c1ccc(-c2cc(NCCO)nc3[nH]ccc23)s1. The molecule has 0 atom stereocenters. The molecule has 3 aromatic rings. The van der Waals surface area contributed by atoms with Crippen LogP contribution in [0.2, 0.25) is 0 Å². The van der Waals surface area contributed by atoms with E-state index in [1.807, 2.05) is 44.3 Å². The van der Waals surface area contributed by atoms with E-state index in [2.05, 4.69) is 15.3 Å². The number of thiophene rings is 1. The summed E-state index contributed by atoms with van der Waals surface area (Å²) in [6.45, 7) is 4.32. The molecule has 3 aromatic heterocycles. The lowest BCUT2D eigenvalue weighted by Gasteiger charge is -2.07. The number of carbonyl (C=O) groups excluding carboxylic acids is 1. The second-order valence-corrected chi connectivity index (χ2v) is 6.71. The van der Waals surface area contributed by atoms with Crippen LogP contribution in [-0.2, 0) is 0 Å². The zero-order valence-electron chi connectivity index (χ0n) is 13.1. The molecule has 5 nitrogen and oxygen atoms in total. The van der Waals surface area contributed by atoms with Crippen LogP contribution in [0.15, 0.2) is 30.5 Å². The fourth-order valence-electron chi connectivity index (χ4n) is 2.42. The average molecular weight is 329 g/mol. The maximum Gasteiger partial charge on any atom is 0.175 e. The van der Waals surface area contributed by atoms with Crippen LogP contribution in [0, 0.1) is 5.92 Å². The predicted octanol–water partition coefficient (Wildman–Crippen LogP) is 3.53. The van der Waals surface area contributed by atoms with Crippen LogP contribution in [0.25, 0.3) is 21.5 Å². The molecule has 0 amide bonds. The summed E-state index contributed by atoms with van der Waals surface area (Å²) in [4.78, 5) is 21.6. The van der Waals surface area contributed by atoms with E-state index in [0.717, 1.165) is 26.4 Å². The molecule has 0 aliphatic rings. The summed E-state index contributed by atoms with van der Waals surface area (Å²) >= 11 is 1.50. The number of aromatic amines is 1. The fourth-order valence-corrected chi connectivity index (χ4v) is 3.54. The van der Waals surface area contributed by atoms with Crippen LogP contribution >= 0.6 is 11.3 Å². The number of fused-ring (bicyclic) bond motifs is 1. The molecule has 120 valence electrons. The topological polar surface area (TPSA) is 78.0 Å². The standard InChI is InChI=1S/C17H19N3O2S/c1-10(2)16(22)14-4-3-13(23-14)12-9-15(18-7-8-21)20-17-11(12)5-6-19-17/h3-6,9-10,21H,7-8H2,1-2H3,(H2,18,19,20). The van der Waals surface area contributed by atoms with Gasteiger partial charge < -0.3 is 15.4 Å². The van der Waals surface area contributed by atoms with Crippen molar-refractivity contribution >= 4 is 34.0 Å². The number of hydrogen-bond acceptors (Lipinski definition) is 5. The molecule has 0 aromatic carbocycles. The van der Waals surface area contributed by atoms with Crippen molar-refractivity contribution in [2.24, 2.45) is 5.92 Å². The number of Topliss-reactive ketones (excluding diaryl/α,β-unsaturated/α-hetero) is 1. The van der Waals surface area contributed by atoms with E-state index in [1.165, 1.54) is 11.3 Å². The Balaban J connectivity index is 2.04. The van der Waals surface area contributed by atoms with Crippen LogP contribution in [-0.4, -0.2) is 34.0 Å². The molecule has 0 saturated carbocycles. The van der Waals surface area contributed by atoms with Gasteiger partial charge in [-0.15, -0.1) is 11.3 Å². The highest BCUT2D eigenvalue weighted by molar-refractivity contribution is 7.17. The van der Waals surface area contributed by atoms with Crippen molar-refractivity contribution in [3.05, 3.63) is 35.3 Å². The van der Waals surface area contributed by atoms with Crippen molar-refractivity contribution in [1.29, 1.82) is 0 Å². The highest BCUT2D eigenvalue weighted by Gasteiger charge is 2.16. The molecule has 0 spiro atoms. The van der Waals surface area contributed by atoms with Gasteiger partial charge in [-0.05, 0) is 24.3 Å². The molecule has 0 unspecified atom stereocenters. The summed E-state index contributed by atoms with van der Waals surface area (Å²) in [6.07, 6.45) is 1.85. The van der Waals surface area contributed by atoms with E-state index in [9.17, 15) is 4.79 Å². The van der Waals surface area contributed by atoms with Gasteiger partial charge in [0.25, 0.3) is 0 Å². The van der Waals surface area contributed by atoms with E-state index < -0.39 is 0 Å². The molecular formula is C17H19N3O2S. The number of aromatic nitrogens is 2. The van der Waals surface area contributed by atoms with Gasteiger partial charge in [-0.25, -0.2) is 4.98 Å². The van der Waals surface area contributed by atoms with Crippen LogP contribution in [0.4, 0.5) is 5.82 Å². The monoisotopic (exact) mass is 329 g/mol. The molecule has 0 bridgehead atoms. The van der Waals surface area contributed by atoms with E-state index in [4.69, 9.17) is 5.11 Å². The molecular weight excluding hydrogens is 310 g/mol. The van der Waals surface area contributed by atoms with Crippen molar-refractivity contribution in [3.63, 3.8) is 0 Å². The molecule has 0 radical (unpaired) electrons. The first-order valence-electron chi connectivity index (χ1n) is 7.57. The lowest BCUT2D eigenvalue weighted by Crippen LogP contribution is -2.07. The number of nitrogens with one attached hydrogen (secondary N) is 2. The number of pyridine rings is 1. The molecule has 0 fully saturated rings. The van der Waals surface area contributed by atoms with Crippen molar-refractivity contribution in [1.82, 2.24) is 9.97 Å². The first-order valence-corrected chi connectivity index (χ1v) is 8.39. The molecule has 3 heterocycles. The van der Waals surface area contributed by atoms with Crippen LogP contribution in [0.5, 0.6) is 0 Å². The number of rotatable bonds is 6. The maximum atomic E-state index is 12.2. The number of anilines is 1. The Kier molecular flexibility index (Phi) is 4.45. The Bertz CT molecular complexity index is 835.